The summed E-state index contributed by atoms with van der Waals surface area (Å²) in [5, 5.41) is 0. The van der Waals surface area contributed by atoms with Crippen LogP contribution in [0.2, 0.25) is 0 Å². The fourth-order valence-corrected chi connectivity index (χ4v) is 3.48. The lowest BCUT2D eigenvalue weighted by Crippen LogP contribution is -2.39. The zero-order chi connectivity index (χ0) is 20.3. The van der Waals surface area contributed by atoms with Gasteiger partial charge in [0.15, 0.2) is 0 Å². The molecule has 1 heterocycles. The minimum Gasteiger partial charge on any atom is -0.494 e. The SMILES string of the molecule is CCOc1ccc(C2=C(N(CC)c3ccccc3)C(=O)N(C(C)C)C2=O)cc1. The molecule has 5 heteroatoms. The van der Waals surface area contributed by atoms with Crippen LogP contribution < -0.4 is 9.64 Å². The lowest BCUT2D eigenvalue weighted by atomic mass is 10.0. The van der Waals surface area contributed by atoms with Gasteiger partial charge in [-0.3, -0.25) is 14.5 Å². The van der Waals surface area contributed by atoms with Gasteiger partial charge >= 0.3 is 0 Å². The van der Waals surface area contributed by atoms with E-state index in [0.29, 0.717) is 30.0 Å². The largest absolute Gasteiger partial charge is 0.494 e. The highest BCUT2D eigenvalue weighted by Gasteiger charge is 2.42. The molecule has 0 bridgehead atoms. The molecule has 5 nitrogen and oxygen atoms in total. The fraction of sp³-hybridized carbons (Fsp3) is 0.304. The molecule has 1 aliphatic heterocycles. The van der Waals surface area contributed by atoms with Gasteiger partial charge in [0, 0.05) is 18.3 Å². The van der Waals surface area contributed by atoms with Crippen molar-refractivity contribution in [2.75, 3.05) is 18.1 Å². The van der Waals surface area contributed by atoms with Crippen molar-refractivity contribution in [3.05, 3.63) is 65.9 Å². The summed E-state index contributed by atoms with van der Waals surface area (Å²) in [4.78, 5) is 29.7. The lowest BCUT2D eigenvalue weighted by molar-refractivity contribution is -0.138. The topological polar surface area (TPSA) is 49.9 Å². The van der Waals surface area contributed by atoms with Gasteiger partial charge in [-0.05, 0) is 57.5 Å². The van der Waals surface area contributed by atoms with E-state index in [0.717, 1.165) is 11.4 Å². The summed E-state index contributed by atoms with van der Waals surface area (Å²) in [6.07, 6.45) is 0. The van der Waals surface area contributed by atoms with Crippen LogP contribution in [0.1, 0.15) is 33.3 Å². The number of para-hydroxylation sites is 1. The Bertz CT molecular complexity index is 886. The Kier molecular flexibility index (Phi) is 5.83. The second-order valence-corrected chi connectivity index (χ2v) is 6.83. The zero-order valence-corrected chi connectivity index (χ0v) is 16.8. The number of imide groups is 1. The Hall–Kier alpha value is -3.08. The minimum atomic E-state index is -0.256. The maximum Gasteiger partial charge on any atom is 0.278 e. The van der Waals surface area contributed by atoms with Crippen LogP contribution in [-0.4, -0.2) is 35.9 Å². The minimum absolute atomic E-state index is 0.218. The number of benzene rings is 2. The molecule has 146 valence electrons. The summed E-state index contributed by atoms with van der Waals surface area (Å²) in [6, 6.07) is 16.8. The molecule has 0 aromatic heterocycles. The van der Waals surface area contributed by atoms with Crippen molar-refractivity contribution < 1.29 is 14.3 Å². The number of ether oxygens (including phenoxy) is 1. The van der Waals surface area contributed by atoms with Gasteiger partial charge < -0.3 is 9.64 Å². The van der Waals surface area contributed by atoms with E-state index in [-0.39, 0.29) is 17.9 Å². The van der Waals surface area contributed by atoms with E-state index < -0.39 is 0 Å². The molecule has 2 aromatic carbocycles. The summed E-state index contributed by atoms with van der Waals surface area (Å²) in [6.45, 7) is 8.76. The molecule has 2 amide bonds. The predicted octanol–water partition coefficient (Wildman–Crippen LogP) is 4.10. The summed E-state index contributed by atoms with van der Waals surface area (Å²) >= 11 is 0. The fourth-order valence-electron chi connectivity index (χ4n) is 3.48. The summed E-state index contributed by atoms with van der Waals surface area (Å²) in [5.74, 6) is 0.226. The first-order valence-electron chi connectivity index (χ1n) is 9.67. The van der Waals surface area contributed by atoms with Gasteiger partial charge in [-0.15, -0.1) is 0 Å². The average molecular weight is 378 g/mol. The van der Waals surface area contributed by atoms with Crippen molar-refractivity contribution in [3.63, 3.8) is 0 Å². The van der Waals surface area contributed by atoms with E-state index in [1.54, 1.807) is 0 Å². The van der Waals surface area contributed by atoms with Crippen molar-refractivity contribution in [3.8, 4) is 5.75 Å². The number of likely N-dealkylation sites (N-methyl/N-ethyl adjacent to an activating group) is 1. The molecule has 2 aromatic rings. The van der Waals surface area contributed by atoms with Crippen LogP contribution >= 0.6 is 0 Å². The van der Waals surface area contributed by atoms with Gasteiger partial charge in [0.25, 0.3) is 11.8 Å². The Morgan fingerprint density at radius 3 is 2.11 bits per heavy atom. The predicted molar refractivity (Wildman–Crippen MR) is 111 cm³/mol. The third-order valence-electron chi connectivity index (χ3n) is 4.72. The molecular formula is C23H26N2O3. The molecule has 0 aliphatic carbocycles. The third kappa shape index (κ3) is 3.52. The highest BCUT2D eigenvalue weighted by Crippen LogP contribution is 2.35. The Balaban J connectivity index is 2.15. The molecular weight excluding hydrogens is 352 g/mol. The molecule has 0 atom stereocenters. The van der Waals surface area contributed by atoms with E-state index in [2.05, 4.69) is 0 Å². The molecule has 0 radical (unpaired) electrons. The van der Waals surface area contributed by atoms with Crippen LogP contribution in [0, 0.1) is 0 Å². The number of hydrogen-bond donors (Lipinski definition) is 0. The van der Waals surface area contributed by atoms with Crippen molar-refractivity contribution in [2.24, 2.45) is 0 Å². The second-order valence-electron chi connectivity index (χ2n) is 6.83. The van der Waals surface area contributed by atoms with Gasteiger partial charge in [-0.1, -0.05) is 30.3 Å². The van der Waals surface area contributed by atoms with Crippen LogP contribution in [0.4, 0.5) is 5.69 Å². The van der Waals surface area contributed by atoms with Crippen LogP contribution in [0.3, 0.4) is 0 Å². The summed E-state index contributed by atoms with van der Waals surface area (Å²) in [5.41, 5.74) is 2.47. The number of nitrogens with zero attached hydrogens (tertiary/aromatic N) is 2. The Morgan fingerprint density at radius 1 is 0.929 bits per heavy atom. The maximum absolute atomic E-state index is 13.3. The molecule has 0 saturated carbocycles. The summed E-state index contributed by atoms with van der Waals surface area (Å²) < 4.78 is 5.51. The quantitative estimate of drug-likeness (QED) is 0.681. The zero-order valence-electron chi connectivity index (χ0n) is 16.8. The number of amides is 2. The molecule has 0 N–H and O–H groups in total. The third-order valence-corrected chi connectivity index (χ3v) is 4.72. The van der Waals surface area contributed by atoms with Gasteiger partial charge in [0.1, 0.15) is 11.4 Å². The average Bonchev–Trinajstić information content (AvgIpc) is 2.95. The molecule has 0 saturated heterocycles. The smallest absolute Gasteiger partial charge is 0.278 e. The highest BCUT2D eigenvalue weighted by atomic mass is 16.5. The monoisotopic (exact) mass is 378 g/mol. The standard InChI is InChI=1S/C23H26N2O3/c1-5-24(18-10-8-7-9-11-18)21-20(22(26)25(16(3)4)23(21)27)17-12-14-19(15-13-17)28-6-2/h7-16H,5-6H2,1-4H3. The molecule has 0 spiro atoms. The van der Waals surface area contributed by atoms with Crippen LogP contribution in [0.5, 0.6) is 5.75 Å². The van der Waals surface area contributed by atoms with Gasteiger partial charge in [-0.2, -0.15) is 0 Å². The van der Waals surface area contributed by atoms with Crippen molar-refractivity contribution in [1.82, 2.24) is 4.90 Å². The lowest BCUT2D eigenvalue weighted by Gasteiger charge is -2.25. The molecule has 0 fully saturated rings. The van der Waals surface area contributed by atoms with E-state index >= 15 is 0 Å². The second kappa shape index (κ2) is 8.30. The van der Waals surface area contributed by atoms with E-state index in [1.165, 1.54) is 4.90 Å². The highest BCUT2D eigenvalue weighted by molar-refractivity contribution is 6.36. The normalized spacial score (nSPS) is 14.2. The number of anilines is 1. The van der Waals surface area contributed by atoms with Crippen molar-refractivity contribution >= 4 is 23.1 Å². The first kappa shape index (κ1) is 19.7. The number of carbonyl (C=O) groups is 2. The van der Waals surface area contributed by atoms with E-state index in [9.17, 15) is 9.59 Å². The van der Waals surface area contributed by atoms with E-state index in [1.807, 2.05) is 87.2 Å². The van der Waals surface area contributed by atoms with Crippen LogP contribution in [0.15, 0.2) is 60.3 Å². The van der Waals surface area contributed by atoms with Gasteiger partial charge in [0.2, 0.25) is 0 Å². The first-order valence-corrected chi connectivity index (χ1v) is 9.67. The molecule has 28 heavy (non-hydrogen) atoms. The number of hydrogen-bond acceptors (Lipinski definition) is 4. The molecule has 0 unspecified atom stereocenters. The van der Waals surface area contributed by atoms with Gasteiger partial charge in [-0.25, -0.2) is 0 Å². The maximum atomic E-state index is 13.3. The number of carbonyl (C=O) groups excluding carboxylic acids is 2. The Labute approximate surface area is 166 Å². The summed E-state index contributed by atoms with van der Waals surface area (Å²) in [7, 11) is 0. The Morgan fingerprint density at radius 2 is 1.57 bits per heavy atom. The number of rotatable bonds is 7. The van der Waals surface area contributed by atoms with Crippen LogP contribution in [0.25, 0.3) is 5.57 Å². The van der Waals surface area contributed by atoms with Gasteiger partial charge in [0.05, 0.1) is 12.2 Å². The van der Waals surface area contributed by atoms with Crippen molar-refractivity contribution in [1.29, 1.82) is 0 Å². The van der Waals surface area contributed by atoms with Crippen molar-refractivity contribution in [2.45, 2.75) is 33.7 Å². The molecule has 3 rings (SSSR count). The molecule has 1 aliphatic rings. The van der Waals surface area contributed by atoms with Crippen LogP contribution in [-0.2, 0) is 9.59 Å². The van der Waals surface area contributed by atoms with E-state index in [4.69, 9.17) is 4.74 Å². The first-order chi connectivity index (χ1) is 13.5.